The molecule has 0 radical (unpaired) electrons. The molecule has 416 valence electrons. The summed E-state index contributed by atoms with van der Waals surface area (Å²) < 4.78 is 31.3. The smallest absolute Gasteiger partial charge is 0.236 e. The number of likely N-dealkylation sites (tertiary alicyclic amines) is 1. The Hall–Kier alpha value is -7.53. The van der Waals surface area contributed by atoms with Crippen molar-refractivity contribution in [3.05, 3.63) is 117 Å². The lowest BCUT2D eigenvalue weighted by molar-refractivity contribution is -0.144. The van der Waals surface area contributed by atoms with Crippen LogP contribution in [0.25, 0.3) is 33.8 Å². The average Bonchev–Trinajstić information content (AvgIpc) is 4.31. The maximum Gasteiger partial charge on any atom is 0.236 e. The fraction of sp³-hybridized carbons (Fsp3) is 0.407. The van der Waals surface area contributed by atoms with E-state index in [1.54, 1.807) is 29.2 Å². The van der Waals surface area contributed by atoms with Crippen LogP contribution < -0.4 is 24.9 Å². The molecule has 17 nitrogen and oxygen atoms in total. The molecule has 3 aliphatic heterocycles. The van der Waals surface area contributed by atoms with Crippen LogP contribution in [0.4, 0.5) is 42.1 Å². The van der Waals surface area contributed by atoms with E-state index in [0.717, 1.165) is 108 Å². The minimum Gasteiger partial charge on any atom is -0.389 e. The van der Waals surface area contributed by atoms with Gasteiger partial charge in [0.15, 0.2) is 10.3 Å². The van der Waals surface area contributed by atoms with Gasteiger partial charge in [0.1, 0.15) is 67.8 Å². The first-order chi connectivity index (χ1) is 38.2. The number of hydrogen-bond acceptors (Lipinski definition) is 16. The molecule has 6 aromatic heterocycles. The summed E-state index contributed by atoms with van der Waals surface area (Å²) in [5.74, 6) is 1.24. The summed E-state index contributed by atoms with van der Waals surface area (Å²) in [4.78, 5) is 46.1. The molecule has 8 aromatic rings. The number of imidazole rings is 2. The monoisotopic (exact) mass is 1120 g/mol. The molecule has 3 fully saturated rings. The number of nitrogens with one attached hydrogen (secondary N) is 1. The van der Waals surface area contributed by atoms with Crippen LogP contribution in [-0.4, -0.2) is 140 Å². The van der Waals surface area contributed by atoms with Crippen LogP contribution in [0.1, 0.15) is 73.8 Å². The summed E-state index contributed by atoms with van der Waals surface area (Å²) in [6.07, 6.45) is 5.37. The molecule has 0 atom stereocenters. The third kappa shape index (κ3) is 10.9. The number of β-amino-alcohol motifs (C(OH)–C–C–N with tert-alkyl or cyclic N) is 1. The topological polar surface area (TPSA) is 177 Å². The van der Waals surface area contributed by atoms with Gasteiger partial charge in [-0.3, -0.25) is 18.5 Å². The minimum atomic E-state index is -0.400. The van der Waals surface area contributed by atoms with Crippen LogP contribution in [0, 0.1) is 48.1 Å². The van der Waals surface area contributed by atoms with Gasteiger partial charge in [-0.2, -0.15) is 10.5 Å². The maximum absolute atomic E-state index is 13.6. The van der Waals surface area contributed by atoms with Gasteiger partial charge in [0.2, 0.25) is 5.91 Å². The van der Waals surface area contributed by atoms with Gasteiger partial charge in [0.05, 0.1) is 35.4 Å². The average molecular weight is 1120 g/mol. The van der Waals surface area contributed by atoms with Gasteiger partial charge in [-0.25, -0.2) is 28.7 Å². The van der Waals surface area contributed by atoms with Gasteiger partial charge in [-0.1, -0.05) is 36.5 Å². The van der Waals surface area contributed by atoms with Crippen LogP contribution in [0.2, 0.25) is 0 Å². The number of thiazole rings is 2. The van der Waals surface area contributed by atoms with E-state index in [1.165, 1.54) is 46.9 Å². The van der Waals surface area contributed by atoms with E-state index in [2.05, 4.69) is 121 Å². The quantitative estimate of drug-likeness (QED) is 0.118. The van der Waals surface area contributed by atoms with Crippen LogP contribution in [0.15, 0.2) is 73.1 Å². The number of nitrogens with zero attached hydrogens (tertiary/aromatic N) is 14. The van der Waals surface area contributed by atoms with Crippen molar-refractivity contribution in [2.75, 3.05) is 92.6 Å². The number of aryl methyl sites for hydroxylation is 4. The third-order valence-electron chi connectivity index (χ3n) is 15.3. The number of nitriles is 2. The van der Waals surface area contributed by atoms with Crippen molar-refractivity contribution >= 4 is 73.1 Å². The number of carbonyl (C=O) groups is 1. The van der Waals surface area contributed by atoms with Gasteiger partial charge >= 0.3 is 0 Å². The molecule has 1 amide bonds. The lowest BCUT2D eigenvalue weighted by atomic mass is 9.98. The van der Waals surface area contributed by atoms with Gasteiger partial charge in [-0.15, -0.1) is 0 Å². The van der Waals surface area contributed by atoms with Crippen LogP contribution in [-0.2, 0) is 17.6 Å². The molecule has 9 heterocycles. The van der Waals surface area contributed by atoms with Crippen molar-refractivity contribution in [1.29, 1.82) is 10.5 Å². The Morgan fingerprint density at radius 2 is 1.19 bits per heavy atom. The number of aromatic nitrogens is 6. The predicted octanol–water partition coefficient (Wildman–Crippen LogP) is 9.51. The standard InChI is InChI=1S/C32H37FN8O2S.C27H30FN7S/c1-6-25-30(37(5)31-36-28(26(14-34)44-31)21-7-9-22(33)10-8-21)41-15-23(13-20(2)29(41)35-25)38-11-12-40(32(3,4)19-38)18-27(43)39-16-24(42)17-39;1-6-21-25(33(5)26-32-23(22(14-29)36-26)18-7-9-19(28)10-8-18)35-15-20(13-17(2)24(35)31-21)34-12-11-30-27(3,4)16-34/h7-10,13,15,24,42H,6,11-12,16-19H2,1-5H3;7-10,13,15,30H,6,11-12,16H2,1-5H3. The Balaban J connectivity index is 0.000000184. The molecule has 21 heteroatoms. The zero-order chi connectivity index (χ0) is 56.9. The predicted molar refractivity (Wildman–Crippen MR) is 314 cm³/mol. The van der Waals surface area contributed by atoms with E-state index in [0.29, 0.717) is 63.0 Å². The minimum absolute atomic E-state index is 0.0373. The Morgan fingerprint density at radius 1 is 0.725 bits per heavy atom. The Morgan fingerprint density at radius 3 is 1.60 bits per heavy atom. The van der Waals surface area contributed by atoms with Gasteiger partial charge in [0, 0.05) is 101 Å². The second-order valence-electron chi connectivity index (χ2n) is 22.2. The molecule has 2 N–H and O–H groups in total. The van der Waals surface area contributed by atoms with E-state index in [1.807, 2.05) is 23.9 Å². The largest absolute Gasteiger partial charge is 0.389 e. The fourth-order valence-electron chi connectivity index (χ4n) is 11.0. The second-order valence-corrected chi connectivity index (χ2v) is 24.1. The first-order valence-electron chi connectivity index (χ1n) is 27.0. The molecular formula is C59H67F2N15O2S2. The van der Waals surface area contributed by atoms with Crippen LogP contribution in [0.3, 0.4) is 0 Å². The third-order valence-corrected chi connectivity index (χ3v) is 17.4. The number of amides is 1. The number of piperazine rings is 2. The first kappa shape index (κ1) is 55.8. The summed E-state index contributed by atoms with van der Waals surface area (Å²) in [5.41, 5.74) is 10.4. The molecular weight excluding hydrogens is 1050 g/mol. The van der Waals surface area contributed by atoms with Crippen molar-refractivity contribution in [1.82, 2.24) is 43.9 Å². The molecule has 0 bridgehead atoms. The highest BCUT2D eigenvalue weighted by Crippen LogP contribution is 2.40. The SMILES string of the molecule is CCc1nc2c(C)cc(N3CCN(CC(=O)N4CC(O)C4)C(C)(C)C3)cn2c1N(C)c1nc(-c2ccc(F)cc2)c(C#N)s1.CCc1nc2c(C)cc(N3CCNC(C)(C)C3)cn2c1N(C)c1nc(-c2ccc(F)cc2)c(C#N)s1. The summed E-state index contributed by atoms with van der Waals surface area (Å²) in [5, 5.41) is 34.2. The Bertz CT molecular complexity index is 3700. The molecule has 2 aromatic carbocycles. The number of aliphatic hydroxyl groups is 1. The highest BCUT2D eigenvalue weighted by molar-refractivity contribution is 7.17. The number of benzene rings is 2. The molecule has 0 unspecified atom stereocenters. The van der Waals surface area contributed by atoms with E-state index in [9.17, 15) is 29.2 Å². The van der Waals surface area contributed by atoms with Crippen molar-refractivity contribution in [2.45, 2.75) is 85.4 Å². The molecule has 80 heavy (non-hydrogen) atoms. The summed E-state index contributed by atoms with van der Waals surface area (Å²) >= 11 is 2.63. The van der Waals surface area contributed by atoms with Crippen LogP contribution >= 0.6 is 22.7 Å². The molecule has 3 saturated heterocycles. The molecule has 3 aliphatic rings. The van der Waals surface area contributed by atoms with Crippen molar-refractivity contribution in [3.8, 4) is 34.7 Å². The number of hydrogen-bond donors (Lipinski definition) is 2. The highest BCUT2D eigenvalue weighted by atomic mass is 32.1. The normalized spacial score (nSPS) is 16.3. The van der Waals surface area contributed by atoms with Crippen LogP contribution in [0.5, 0.6) is 0 Å². The van der Waals surface area contributed by atoms with Gasteiger partial charge in [-0.05, 0) is 126 Å². The molecule has 0 spiro atoms. The number of aliphatic hydroxyl groups excluding tert-OH is 1. The second kappa shape index (κ2) is 22.2. The lowest BCUT2D eigenvalue weighted by Gasteiger charge is -2.48. The summed E-state index contributed by atoms with van der Waals surface area (Å²) in [6, 6.07) is 21.0. The molecule has 0 aliphatic carbocycles. The number of fused-ring (bicyclic) bond motifs is 2. The zero-order valence-corrected chi connectivity index (χ0v) is 48.6. The van der Waals surface area contributed by atoms with E-state index >= 15 is 0 Å². The number of carbonyl (C=O) groups excluding carboxylic acids is 1. The van der Waals surface area contributed by atoms with Gasteiger partial charge < -0.3 is 34.9 Å². The number of halogens is 2. The van der Waals surface area contributed by atoms with E-state index < -0.39 is 6.10 Å². The zero-order valence-electron chi connectivity index (χ0n) is 47.0. The number of pyridine rings is 2. The molecule has 11 rings (SSSR count). The first-order valence-corrected chi connectivity index (χ1v) is 28.6. The summed E-state index contributed by atoms with van der Waals surface area (Å²) in [6.45, 7) is 23.4. The fourth-order valence-corrected chi connectivity index (χ4v) is 12.7. The number of anilines is 6. The Kier molecular flexibility index (Phi) is 15.5. The number of rotatable bonds is 12. The maximum atomic E-state index is 13.6. The van der Waals surface area contributed by atoms with Crippen molar-refractivity contribution in [3.63, 3.8) is 0 Å². The van der Waals surface area contributed by atoms with E-state index in [-0.39, 0.29) is 28.6 Å². The van der Waals surface area contributed by atoms with E-state index in [4.69, 9.17) is 19.9 Å². The highest BCUT2D eigenvalue weighted by Gasteiger charge is 2.38. The van der Waals surface area contributed by atoms with Gasteiger partial charge in [0.25, 0.3) is 0 Å². The van der Waals surface area contributed by atoms with Crippen molar-refractivity contribution in [2.24, 2.45) is 0 Å². The van der Waals surface area contributed by atoms with Crippen molar-refractivity contribution < 1.29 is 18.7 Å². The Labute approximate surface area is 473 Å². The molecule has 0 saturated carbocycles. The summed E-state index contributed by atoms with van der Waals surface area (Å²) in [7, 11) is 3.90. The lowest BCUT2D eigenvalue weighted by Crippen LogP contribution is -2.63.